The molecule has 4 rings (SSSR count). The van der Waals surface area contributed by atoms with Crippen LogP contribution in [0.4, 0.5) is 0 Å². The third-order valence-corrected chi connectivity index (χ3v) is 4.60. The van der Waals surface area contributed by atoms with Crippen LogP contribution in [0.15, 0.2) is 85.1 Å². The SMILES string of the molecule is O=C(O)/C=C/c1ccc(Oc2c(C(=O)c3ccccc3)cnc3cc(O)ccc23)cc1. The molecule has 0 unspecified atom stereocenters. The quantitative estimate of drug-likeness (QED) is 0.340. The van der Waals surface area contributed by atoms with Crippen LogP contribution < -0.4 is 4.74 Å². The van der Waals surface area contributed by atoms with E-state index in [0.717, 1.165) is 6.08 Å². The van der Waals surface area contributed by atoms with Crippen molar-refractivity contribution in [3.8, 4) is 17.2 Å². The Labute approximate surface area is 177 Å². The van der Waals surface area contributed by atoms with Gasteiger partial charge in [-0.2, -0.15) is 0 Å². The van der Waals surface area contributed by atoms with E-state index in [2.05, 4.69) is 4.98 Å². The van der Waals surface area contributed by atoms with E-state index in [1.54, 1.807) is 54.6 Å². The molecule has 4 aromatic rings. The Morgan fingerprint density at radius 3 is 2.39 bits per heavy atom. The van der Waals surface area contributed by atoms with Crippen LogP contribution in [0.25, 0.3) is 17.0 Å². The molecule has 0 bridgehead atoms. The Morgan fingerprint density at radius 2 is 1.68 bits per heavy atom. The van der Waals surface area contributed by atoms with Gasteiger partial charge in [0.25, 0.3) is 0 Å². The predicted molar refractivity (Wildman–Crippen MR) is 116 cm³/mol. The van der Waals surface area contributed by atoms with E-state index in [4.69, 9.17) is 9.84 Å². The van der Waals surface area contributed by atoms with Gasteiger partial charge in [-0.1, -0.05) is 42.5 Å². The summed E-state index contributed by atoms with van der Waals surface area (Å²) in [6, 6.07) is 20.3. The molecule has 1 heterocycles. The number of fused-ring (bicyclic) bond motifs is 1. The number of carboxylic acid groups (broad SMARTS) is 1. The second-order valence-electron chi connectivity index (χ2n) is 6.74. The van der Waals surface area contributed by atoms with Crippen molar-refractivity contribution in [2.45, 2.75) is 0 Å². The van der Waals surface area contributed by atoms with Crippen LogP contribution in [-0.2, 0) is 4.79 Å². The minimum Gasteiger partial charge on any atom is -0.508 e. The lowest BCUT2D eigenvalue weighted by molar-refractivity contribution is -0.131. The van der Waals surface area contributed by atoms with Crippen molar-refractivity contribution >= 4 is 28.7 Å². The van der Waals surface area contributed by atoms with E-state index >= 15 is 0 Å². The van der Waals surface area contributed by atoms with Gasteiger partial charge in [-0.15, -0.1) is 0 Å². The van der Waals surface area contributed by atoms with E-state index in [0.29, 0.717) is 39.1 Å². The van der Waals surface area contributed by atoms with Crippen LogP contribution in [0.5, 0.6) is 17.2 Å². The van der Waals surface area contributed by atoms with E-state index < -0.39 is 5.97 Å². The van der Waals surface area contributed by atoms with Gasteiger partial charge >= 0.3 is 5.97 Å². The smallest absolute Gasteiger partial charge is 0.328 e. The zero-order chi connectivity index (χ0) is 21.8. The summed E-state index contributed by atoms with van der Waals surface area (Å²) in [5.74, 6) is -0.416. The molecule has 0 aliphatic carbocycles. The predicted octanol–water partition coefficient (Wildman–Crippen LogP) is 5.06. The van der Waals surface area contributed by atoms with Gasteiger partial charge in [-0.25, -0.2) is 4.79 Å². The second-order valence-corrected chi connectivity index (χ2v) is 6.74. The Balaban J connectivity index is 1.77. The number of aromatic nitrogens is 1. The number of aromatic hydroxyl groups is 1. The maximum Gasteiger partial charge on any atom is 0.328 e. The largest absolute Gasteiger partial charge is 0.508 e. The summed E-state index contributed by atoms with van der Waals surface area (Å²) in [4.78, 5) is 28.1. The van der Waals surface area contributed by atoms with Crippen LogP contribution in [-0.4, -0.2) is 26.9 Å². The Bertz CT molecular complexity index is 1300. The van der Waals surface area contributed by atoms with Crippen molar-refractivity contribution < 1.29 is 24.5 Å². The molecule has 0 radical (unpaired) electrons. The standard InChI is InChI=1S/C25H17NO5/c27-18-9-12-20-22(14-18)26-15-21(24(30)17-4-2-1-3-5-17)25(20)31-19-10-6-16(7-11-19)8-13-23(28)29/h1-15,27H,(H,28,29)/b13-8+. The molecular formula is C25H17NO5. The molecule has 0 spiro atoms. The number of carbonyl (C=O) groups excluding carboxylic acids is 1. The molecule has 2 N–H and O–H groups in total. The van der Waals surface area contributed by atoms with Crippen LogP contribution in [0.2, 0.25) is 0 Å². The lowest BCUT2D eigenvalue weighted by atomic mass is 10.0. The van der Waals surface area contributed by atoms with E-state index in [1.165, 1.54) is 24.4 Å². The molecule has 3 aromatic carbocycles. The first kappa shape index (κ1) is 19.8. The summed E-state index contributed by atoms with van der Waals surface area (Å²) >= 11 is 0. The molecule has 0 atom stereocenters. The molecule has 0 aliphatic rings. The van der Waals surface area contributed by atoms with Gasteiger partial charge in [0.15, 0.2) is 5.78 Å². The molecule has 6 heteroatoms. The number of aliphatic carboxylic acids is 1. The third kappa shape index (κ3) is 4.43. The van der Waals surface area contributed by atoms with Gasteiger partial charge in [0.05, 0.1) is 11.1 Å². The number of phenols is 1. The monoisotopic (exact) mass is 411 g/mol. The Morgan fingerprint density at radius 1 is 0.935 bits per heavy atom. The van der Waals surface area contributed by atoms with Gasteiger partial charge in [0.1, 0.15) is 17.2 Å². The van der Waals surface area contributed by atoms with E-state index in [1.807, 2.05) is 6.07 Å². The third-order valence-electron chi connectivity index (χ3n) is 4.60. The number of hydrogen-bond acceptors (Lipinski definition) is 5. The fourth-order valence-electron chi connectivity index (χ4n) is 3.11. The highest BCUT2D eigenvalue weighted by atomic mass is 16.5. The molecule has 6 nitrogen and oxygen atoms in total. The minimum atomic E-state index is -1.03. The topological polar surface area (TPSA) is 96.7 Å². The Hall–Kier alpha value is -4.45. The number of nitrogens with zero attached hydrogens (tertiary/aromatic N) is 1. The number of carbonyl (C=O) groups is 2. The molecule has 0 fully saturated rings. The molecule has 0 aliphatic heterocycles. The summed E-state index contributed by atoms with van der Waals surface area (Å²) in [5.41, 5.74) is 1.97. The average Bonchev–Trinajstić information content (AvgIpc) is 2.78. The van der Waals surface area contributed by atoms with E-state index in [9.17, 15) is 14.7 Å². The van der Waals surface area contributed by atoms with Gasteiger partial charge in [0.2, 0.25) is 0 Å². The number of rotatable bonds is 6. The minimum absolute atomic E-state index is 0.0580. The van der Waals surface area contributed by atoms with E-state index in [-0.39, 0.29) is 11.5 Å². The summed E-state index contributed by atoms with van der Waals surface area (Å²) in [5, 5.41) is 19.1. The number of pyridine rings is 1. The van der Waals surface area contributed by atoms with Crippen LogP contribution in [0.1, 0.15) is 21.5 Å². The van der Waals surface area contributed by atoms with Crippen molar-refractivity contribution in [2.24, 2.45) is 0 Å². The summed E-state index contributed by atoms with van der Waals surface area (Å²) in [6.45, 7) is 0. The highest BCUT2D eigenvalue weighted by Crippen LogP contribution is 2.35. The van der Waals surface area contributed by atoms with Crippen molar-refractivity contribution in [1.29, 1.82) is 0 Å². The number of phenolic OH excluding ortho intramolecular Hbond substituents is 1. The fourth-order valence-corrected chi connectivity index (χ4v) is 3.11. The number of carboxylic acids is 1. The average molecular weight is 411 g/mol. The lowest BCUT2D eigenvalue weighted by Crippen LogP contribution is -2.05. The van der Waals surface area contributed by atoms with Crippen LogP contribution in [0, 0.1) is 0 Å². The molecule has 1 aromatic heterocycles. The molecule has 0 saturated heterocycles. The maximum absolute atomic E-state index is 13.1. The van der Waals surface area contributed by atoms with Crippen LogP contribution >= 0.6 is 0 Å². The summed E-state index contributed by atoms with van der Waals surface area (Å²) in [6.07, 6.45) is 3.97. The summed E-state index contributed by atoms with van der Waals surface area (Å²) < 4.78 is 6.10. The van der Waals surface area contributed by atoms with Crippen molar-refractivity contribution in [1.82, 2.24) is 4.98 Å². The van der Waals surface area contributed by atoms with Crippen molar-refractivity contribution in [2.75, 3.05) is 0 Å². The number of ketones is 1. The molecule has 0 saturated carbocycles. The molecular weight excluding hydrogens is 394 g/mol. The lowest BCUT2D eigenvalue weighted by Gasteiger charge is -2.14. The fraction of sp³-hybridized carbons (Fsp3) is 0. The number of benzene rings is 3. The van der Waals surface area contributed by atoms with Gasteiger partial charge < -0.3 is 14.9 Å². The van der Waals surface area contributed by atoms with Crippen molar-refractivity contribution in [3.05, 3.63) is 102 Å². The highest BCUT2D eigenvalue weighted by Gasteiger charge is 2.19. The first-order valence-corrected chi connectivity index (χ1v) is 9.41. The number of ether oxygens (including phenoxy) is 1. The normalized spacial score (nSPS) is 11.0. The first-order chi connectivity index (χ1) is 15.0. The Kier molecular flexibility index (Phi) is 5.45. The van der Waals surface area contributed by atoms with Crippen molar-refractivity contribution in [3.63, 3.8) is 0 Å². The van der Waals surface area contributed by atoms with Crippen LogP contribution in [0.3, 0.4) is 0 Å². The number of hydrogen-bond donors (Lipinski definition) is 2. The maximum atomic E-state index is 13.1. The second kappa shape index (κ2) is 8.51. The zero-order valence-corrected chi connectivity index (χ0v) is 16.2. The molecule has 31 heavy (non-hydrogen) atoms. The van der Waals surface area contributed by atoms with Gasteiger partial charge in [-0.3, -0.25) is 9.78 Å². The zero-order valence-electron chi connectivity index (χ0n) is 16.2. The first-order valence-electron chi connectivity index (χ1n) is 9.41. The van der Waals surface area contributed by atoms with Gasteiger partial charge in [0, 0.05) is 29.3 Å². The molecule has 152 valence electrons. The molecule has 0 amide bonds. The highest BCUT2D eigenvalue weighted by molar-refractivity contribution is 6.13. The summed E-state index contributed by atoms with van der Waals surface area (Å²) in [7, 11) is 0. The van der Waals surface area contributed by atoms with Gasteiger partial charge in [-0.05, 0) is 35.9 Å².